The lowest BCUT2D eigenvalue weighted by Crippen LogP contribution is -2.11. The second-order valence-corrected chi connectivity index (χ2v) is 2.53. The van der Waals surface area contributed by atoms with Crippen molar-refractivity contribution in [2.45, 2.75) is 6.04 Å². The molecular weight excluding hydrogens is 148 g/mol. The van der Waals surface area contributed by atoms with Gasteiger partial charge in [0.1, 0.15) is 0 Å². The van der Waals surface area contributed by atoms with Gasteiger partial charge in [-0.15, -0.1) is 0 Å². The van der Waals surface area contributed by atoms with Crippen LogP contribution >= 0.6 is 0 Å². The van der Waals surface area contributed by atoms with Crippen molar-refractivity contribution < 1.29 is 0 Å². The van der Waals surface area contributed by atoms with Crippen molar-refractivity contribution in [1.29, 1.82) is 5.26 Å². The lowest BCUT2D eigenvalue weighted by Gasteiger charge is -2.08. The maximum atomic E-state index is 8.54. The summed E-state index contributed by atoms with van der Waals surface area (Å²) in [6.07, 6.45) is 0. The largest absolute Gasteiger partial charge is 0.320 e. The molecule has 12 heavy (non-hydrogen) atoms. The Balaban J connectivity index is 2.87. The van der Waals surface area contributed by atoms with Crippen molar-refractivity contribution >= 4 is 0 Å². The third kappa shape index (κ3) is 1.71. The molecule has 0 aliphatic heterocycles. The highest BCUT2D eigenvalue weighted by molar-refractivity contribution is 5.32. The summed E-state index contributed by atoms with van der Waals surface area (Å²) in [5.74, 6) is 0. The molecule has 0 radical (unpaired) electrons. The van der Waals surface area contributed by atoms with Crippen LogP contribution in [0.2, 0.25) is 0 Å². The van der Waals surface area contributed by atoms with Gasteiger partial charge in [0, 0.05) is 5.57 Å². The van der Waals surface area contributed by atoms with Crippen LogP contribution in [-0.2, 0) is 0 Å². The number of benzene rings is 1. The minimum Gasteiger partial charge on any atom is -0.320 e. The van der Waals surface area contributed by atoms with E-state index in [0.717, 1.165) is 5.56 Å². The van der Waals surface area contributed by atoms with Crippen LogP contribution in [0.3, 0.4) is 0 Å². The summed E-state index contributed by atoms with van der Waals surface area (Å²) in [5.41, 5.74) is 7.04. The van der Waals surface area contributed by atoms with E-state index in [0.29, 0.717) is 5.57 Å². The van der Waals surface area contributed by atoms with Crippen LogP contribution in [0.5, 0.6) is 0 Å². The average molecular weight is 158 g/mol. The van der Waals surface area contributed by atoms with Gasteiger partial charge in [0.2, 0.25) is 0 Å². The predicted molar refractivity (Wildman–Crippen MR) is 48.1 cm³/mol. The average Bonchev–Trinajstić information content (AvgIpc) is 2.17. The van der Waals surface area contributed by atoms with E-state index in [-0.39, 0.29) is 6.04 Å². The van der Waals surface area contributed by atoms with Gasteiger partial charge in [-0.25, -0.2) is 0 Å². The normalized spacial score (nSPS) is 11.7. The molecule has 0 bridgehead atoms. The minimum atomic E-state index is -0.365. The van der Waals surface area contributed by atoms with E-state index in [1.165, 1.54) is 0 Å². The standard InChI is InChI=1S/C10H10N2/c1-8(7-11)10(12)9-5-3-2-4-6-9/h2-6,10H,1,12H2. The first-order valence-corrected chi connectivity index (χ1v) is 3.65. The van der Waals surface area contributed by atoms with E-state index in [1.54, 1.807) is 0 Å². The third-order valence-electron chi connectivity index (χ3n) is 1.68. The first kappa shape index (κ1) is 8.51. The molecule has 0 saturated carbocycles. The molecule has 0 heterocycles. The van der Waals surface area contributed by atoms with Gasteiger partial charge in [-0.3, -0.25) is 0 Å². The zero-order valence-electron chi connectivity index (χ0n) is 6.70. The van der Waals surface area contributed by atoms with Crippen molar-refractivity contribution in [3.8, 4) is 6.07 Å². The van der Waals surface area contributed by atoms with Gasteiger partial charge in [-0.05, 0) is 5.56 Å². The molecule has 0 spiro atoms. The number of hydrogen-bond donors (Lipinski definition) is 1. The Morgan fingerprint density at radius 1 is 1.42 bits per heavy atom. The van der Waals surface area contributed by atoms with Crippen molar-refractivity contribution in [2.75, 3.05) is 0 Å². The van der Waals surface area contributed by atoms with Crippen LogP contribution in [0.4, 0.5) is 0 Å². The molecule has 1 aromatic carbocycles. The zero-order chi connectivity index (χ0) is 8.97. The number of rotatable bonds is 2. The molecule has 0 amide bonds. The summed E-state index contributed by atoms with van der Waals surface area (Å²) in [5, 5.41) is 8.54. The maximum Gasteiger partial charge on any atom is 0.0961 e. The number of nitriles is 1. The molecule has 0 saturated heterocycles. The Morgan fingerprint density at radius 2 is 2.00 bits per heavy atom. The summed E-state index contributed by atoms with van der Waals surface area (Å²) in [4.78, 5) is 0. The molecule has 2 N–H and O–H groups in total. The van der Waals surface area contributed by atoms with E-state index in [2.05, 4.69) is 6.58 Å². The molecule has 1 aromatic rings. The molecular formula is C10H10N2. The minimum absolute atomic E-state index is 0.365. The summed E-state index contributed by atoms with van der Waals surface area (Å²) in [7, 11) is 0. The smallest absolute Gasteiger partial charge is 0.0961 e. The van der Waals surface area contributed by atoms with Crippen LogP contribution in [0.25, 0.3) is 0 Å². The zero-order valence-corrected chi connectivity index (χ0v) is 6.70. The van der Waals surface area contributed by atoms with Crippen molar-refractivity contribution in [3.05, 3.63) is 48.0 Å². The Morgan fingerprint density at radius 3 is 2.50 bits per heavy atom. The molecule has 1 atom stereocenters. The van der Waals surface area contributed by atoms with Crippen LogP contribution < -0.4 is 5.73 Å². The highest BCUT2D eigenvalue weighted by Gasteiger charge is 2.07. The highest BCUT2D eigenvalue weighted by atomic mass is 14.6. The fourth-order valence-corrected chi connectivity index (χ4v) is 0.931. The van der Waals surface area contributed by atoms with Crippen molar-refractivity contribution in [2.24, 2.45) is 5.73 Å². The van der Waals surface area contributed by atoms with E-state index in [9.17, 15) is 0 Å². The van der Waals surface area contributed by atoms with Gasteiger partial charge in [0.15, 0.2) is 0 Å². The summed E-state index contributed by atoms with van der Waals surface area (Å²) in [6.45, 7) is 3.56. The van der Waals surface area contributed by atoms with E-state index in [4.69, 9.17) is 11.0 Å². The molecule has 0 fully saturated rings. The van der Waals surface area contributed by atoms with E-state index < -0.39 is 0 Å². The Kier molecular flexibility index (Phi) is 2.62. The topological polar surface area (TPSA) is 49.8 Å². The van der Waals surface area contributed by atoms with Gasteiger partial charge in [-0.1, -0.05) is 36.9 Å². The van der Waals surface area contributed by atoms with Gasteiger partial charge in [-0.2, -0.15) is 5.26 Å². The van der Waals surface area contributed by atoms with E-state index >= 15 is 0 Å². The lowest BCUT2D eigenvalue weighted by molar-refractivity contribution is 0.878. The fraction of sp³-hybridized carbons (Fsp3) is 0.100. The Bertz CT molecular complexity index is 308. The number of nitrogens with two attached hydrogens (primary N) is 1. The molecule has 1 unspecified atom stereocenters. The summed E-state index contributed by atoms with van der Waals surface area (Å²) in [6, 6.07) is 11.0. The predicted octanol–water partition coefficient (Wildman–Crippen LogP) is 1.77. The van der Waals surface area contributed by atoms with Gasteiger partial charge < -0.3 is 5.73 Å². The van der Waals surface area contributed by atoms with Crippen LogP contribution in [-0.4, -0.2) is 0 Å². The number of hydrogen-bond acceptors (Lipinski definition) is 2. The molecule has 2 heteroatoms. The number of nitrogens with zero attached hydrogens (tertiary/aromatic N) is 1. The monoisotopic (exact) mass is 158 g/mol. The summed E-state index contributed by atoms with van der Waals surface area (Å²) >= 11 is 0. The van der Waals surface area contributed by atoms with Crippen LogP contribution in [0.15, 0.2) is 42.5 Å². The Labute approximate surface area is 71.9 Å². The molecule has 0 aliphatic rings. The fourth-order valence-electron chi connectivity index (χ4n) is 0.931. The Hall–Kier alpha value is -1.59. The molecule has 0 aromatic heterocycles. The van der Waals surface area contributed by atoms with Gasteiger partial charge in [0.05, 0.1) is 12.1 Å². The first-order valence-electron chi connectivity index (χ1n) is 3.65. The molecule has 60 valence electrons. The molecule has 1 rings (SSSR count). The lowest BCUT2D eigenvalue weighted by atomic mass is 10.0. The quantitative estimate of drug-likeness (QED) is 0.667. The molecule has 0 aliphatic carbocycles. The van der Waals surface area contributed by atoms with Crippen LogP contribution in [0, 0.1) is 11.3 Å². The van der Waals surface area contributed by atoms with Crippen molar-refractivity contribution in [3.63, 3.8) is 0 Å². The van der Waals surface area contributed by atoms with Gasteiger partial charge in [0.25, 0.3) is 0 Å². The van der Waals surface area contributed by atoms with E-state index in [1.807, 2.05) is 36.4 Å². The van der Waals surface area contributed by atoms with Crippen LogP contribution in [0.1, 0.15) is 11.6 Å². The second kappa shape index (κ2) is 3.70. The van der Waals surface area contributed by atoms with Crippen molar-refractivity contribution in [1.82, 2.24) is 0 Å². The second-order valence-electron chi connectivity index (χ2n) is 2.53. The maximum absolute atomic E-state index is 8.54. The molecule has 2 nitrogen and oxygen atoms in total. The first-order chi connectivity index (χ1) is 5.75. The van der Waals surface area contributed by atoms with Gasteiger partial charge >= 0.3 is 0 Å². The highest BCUT2D eigenvalue weighted by Crippen LogP contribution is 2.15. The summed E-state index contributed by atoms with van der Waals surface area (Å²) < 4.78 is 0. The third-order valence-corrected chi connectivity index (χ3v) is 1.68. The SMILES string of the molecule is C=C(C#N)C(N)c1ccccc1.